The molecule has 0 fully saturated rings. The molecule has 0 atom stereocenters. The second-order valence-electron chi connectivity index (χ2n) is 1.93. The van der Waals surface area contributed by atoms with Crippen molar-refractivity contribution in [3.05, 3.63) is 0 Å². The minimum absolute atomic E-state index is 0.365. The van der Waals surface area contributed by atoms with Crippen LogP contribution in [0.2, 0.25) is 0 Å². The van der Waals surface area contributed by atoms with Crippen LogP contribution in [-0.2, 0) is 9.47 Å². The predicted octanol–water partition coefficient (Wildman–Crippen LogP) is -1.46. The Morgan fingerprint density at radius 1 is 1.36 bits per heavy atom. The standard InChI is InChI=1S/C4H11NO4Si.CH3NO2/c1-8-4(9-2)10-5-3(6)7;2-1(3)4/h4-5H,10H2,1-2H3,(H,6,7);2H2,(H,3,4). The Kier molecular flexibility index (Phi) is 10.6. The zero-order chi connectivity index (χ0) is 11.6. The Morgan fingerprint density at radius 3 is 1.93 bits per heavy atom. The van der Waals surface area contributed by atoms with Gasteiger partial charge in [-0.25, -0.2) is 9.59 Å². The molecule has 0 spiro atoms. The summed E-state index contributed by atoms with van der Waals surface area (Å²) in [6.07, 6.45) is -2.36. The van der Waals surface area contributed by atoms with E-state index in [1.165, 1.54) is 14.2 Å². The van der Waals surface area contributed by atoms with Crippen molar-refractivity contribution in [1.82, 2.24) is 4.98 Å². The summed E-state index contributed by atoms with van der Waals surface area (Å²) in [6.45, 7) is 0. The van der Waals surface area contributed by atoms with Crippen LogP contribution in [-0.4, -0.2) is 52.2 Å². The van der Waals surface area contributed by atoms with E-state index in [2.05, 4.69) is 10.7 Å². The molecule has 0 aliphatic rings. The van der Waals surface area contributed by atoms with Crippen molar-refractivity contribution in [1.29, 1.82) is 0 Å². The fourth-order valence-corrected chi connectivity index (χ4v) is 1.11. The number of hydrogen-bond acceptors (Lipinski definition) is 4. The molecule has 14 heavy (non-hydrogen) atoms. The molecule has 5 N–H and O–H groups in total. The first-order valence-corrected chi connectivity index (χ1v) is 4.97. The lowest BCUT2D eigenvalue weighted by Crippen LogP contribution is -2.36. The molecule has 0 unspecified atom stereocenters. The van der Waals surface area contributed by atoms with Gasteiger partial charge in [-0.15, -0.1) is 0 Å². The van der Waals surface area contributed by atoms with Crippen molar-refractivity contribution >= 4 is 21.9 Å². The number of primary amides is 1. The highest BCUT2D eigenvalue weighted by Gasteiger charge is 2.06. The van der Waals surface area contributed by atoms with Gasteiger partial charge in [0.25, 0.3) is 0 Å². The predicted molar refractivity (Wildman–Crippen MR) is 49.7 cm³/mol. The van der Waals surface area contributed by atoms with Crippen molar-refractivity contribution in [2.24, 2.45) is 5.73 Å². The normalized spacial score (nSPS) is 9.64. The van der Waals surface area contributed by atoms with E-state index in [4.69, 9.17) is 24.5 Å². The Bertz CT molecular complexity index is 170. The van der Waals surface area contributed by atoms with E-state index in [-0.39, 0.29) is 5.91 Å². The molecule has 0 aromatic rings. The molecular formula is C5H14N2O6Si. The summed E-state index contributed by atoms with van der Waals surface area (Å²) < 4.78 is 9.53. The fourth-order valence-electron chi connectivity index (χ4n) is 0.434. The van der Waals surface area contributed by atoms with Crippen molar-refractivity contribution in [3.63, 3.8) is 0 Å². The largest absolute Gasteiger partial charge is 0.466 e. The highest BCUT2D eigenvalue weighted by molar-refractivity contribution is 6.37. The van der Waals surface area contributed by atoms with Gasteiger partial charge in [-0.1, -0.05) is 0 Å². The maximum atomic E-state index is 9.95. The van der Waals surface area contributed by atoms with Crippen LogP contribution >= 0.6 is 0 Å². The Hall–Kier alpha value is -1.32. The van der Waals surface area contributed by atoms with Gasteiger partial charge in [0.05, 0.1) is 0 Å². The van der Waals surface area contributed by atoms with Gasteiger partial charge in [0, 0.05) is 14.2 Å². The molecule has 9 heteroatoms. The molecule has 0 saturated carbocycles. The SMILES string of the molecule is COC(OC)[SiH2]NC(=O)O.NC(=O)O. The molecule has 0 aromatic heterocycles. The Balaban J connectivity index is 0. The number of methoxy groups -OCH3 is 2. The van der Waals surface area contributed by atoms with E-state index < -0.39 is 21.9 Å². The molecular weight excluding hydrogens is 212 g/mol. The van der Waals surface area contributed by atoms with Gasteiger partial charge < -0.3 is 30.4 Å². The highest BCUT2D eigenvalue weighted by atomic mass is 28.2. The quantitative estimate of drug-likeness (QED) is 0.342. The maximum absolute atomic E-state index is 9.95. The zero-order valence-electron chi connectivity index (χ0n) is 7.89. The van der Waals surface area contributed by atoms with Crippen LogP contribution in [0.15, 0.2) is 0 Å². The third kappa shape index (κ3) is 17.0. The summed E-state index contributed by atoms with van der Waals surface area (Å²) in [7, 11) is 1.94. The lowest BCUT2D eigenvalue weighted by molar-refractivity contribution is -0.0448. The number of hydrogen-bond donors (Lipinski definition) is 4. The smallest absolute Gasteiger partial charge is 0.402 e. The van der Waals surface area contributed by atoms with Crippen molar-refractivity contribution in [3.8, 4) is 0 Å². The van der Waals surface area contributed by atoms with Gasteiger partial charge in [0.15, 0.2) is 15.6 Å². The molecule has 8 nitrogen and oxygen atoms in total. The number of nitrogens with two attached hydrogens (primary N) is 1. The summed E-state index contributed by atoms with van der Waals surface area (Å²) in [5.74, 6) is -0.365. The van der Waals surface area contributed by atoms with E-state index in [1.54, 1.807) is 0 Å². The van der Waals surface area contributed by atoms with Crippen LogP contribution in [0.5, 0.6) is 0 Å². The molecule has 0 radical (unpaired) electrons. The Labute approximate surface area is 82.9 Å². The molecule has 84 valence electrons. The van der Waals surface area contributed by atoms with Gasteiger partial charge in [-0.3, -0.25) is 0 Å². The minimum atomic E-state index is -1.33. The van der Waals surface area contributed by atoms with Crippen molar-refractivity contribution in [2.45, 2.75) is 5.91 Å². The molecule has 0 aliphatic carbocycles. The summed E-state index contributed by atoms with van der Waals surface area (Å²) in [6, 6.07) is 0. The molecule has 0 bridgehead atoms. The number of ether oxygens (including phenoxy) is 2. The number of carboxylic acid groups (broad SMARTS) is 2. The van der Waals surface area contributed by atoms with Gasteiger partial charge in [-0.2, -0.15) is 0 Å². The number of amides is 2. The summed E-state index contributed by atoms with van der Waals surface area (Å²) in [5.41, 5.74) is 4.03. The minimum Gasteiger partial charge on any atom is -0.466 e. The van der Waals surface area contributed by atoms with E-state index >= 15 is 0 Å². The molecule has 0 aromatic carbocycles. The zero-order valence-corrected chi connectivity index (χ0v) is 9.30. The molecule has 0 aliphatic heterocycles. The average Bonchev–Trinajstić information content (AvgIpc) is 2.04. The fraction of sp³-hybridized carbons (Fsp3) is 0.600. The summed E-state index contributed by atoms with van der Waals surface area (Å²) in [5, 5.41) is 15.4. The highest BCUT2D eigenvalue weighted by Crippen LogP contribution is 1.83. The first-order chi connectivity index (χ1) is 6.43. The number of carbonyl (C=O) groups is 2. The summed E-state index contributed by atoms with van der Waals surface area (Å²) >= 11 is 0. The van der Waals surface area contributed by atoms with Gasteiger partial charge in [0.2, 0.25) is 0 Å². The van der Waals surface area contributed by atoms with Crippen LogP contribution in [0, 0.1) is 0 Å². The molecule has 2 amide bonds. The van der Waals surface area contributed by atoms with Gasteiger partial charge >= 0.3 is 12.2 Å². The monoisotopic (exact) mass is 226 g/mol. The van der Waals surface area contributed by atoms with E-state index in [1.807, 2.05) is 0 Å². The van der Waals surface area contributed by atoms with E-state index in [0.29, 0.717) is 0 Å². The second kappa shape index (κ2) is 9.76. The molecule has 0 saturated heterocycles. The second-order valence-corrected chi connectivity index (χ2v) is 3.35. The summed E-state index contributed by atoms with van der Waals surface area (Å²) in [4.78, 5) is 21.0. The topological polar surface area (TPSA) is 131 Å². The number of nitrogens with one attached hydrogen (secondary N) is 1. The average molecular weight is 226 g/mol. The van der Waals surface area contributed by atoms with Crippen LogP contribution < -0.4 is 10.7 Å². The third-order valence-corrected chi connectivity index (χ3v) is 2.45. The van der Waals surface area contributed by atoms with Crippen LogP contribution in [0.1, 0.15) is 0 Å². The van der Waals surface area contributed by atoms with E-state index in [9.17, 15) is 4.79 Å². The third-order valence-electron chi connectivity index (χ3n) is 0.946. The first-order valence-electron chi connectivity index (χ1n) is 3.44. The van der Waals surface area contributed by atoms with Crippen LogP contribution in [0.4, 0.5) is 9.59 Å². The van der Waals surface area contributed by atoms with Crippen molar-refractivity contribution in [2.75, 3.05) is 14.2 Å². The molecule has 0 heterocycles. The van der Waals surface area contributed by atoms with Crippen LogP contribution in [0.25, 0.3) is 0 Å². The number of rotatable bonds is 4. The maximum Gasteiger partial charge on any atom is 0.402 e. The van der Waals surface area contributed by atoms with Crippen LogP contribution in [0.3, 0.4) is 0 Å². The van der Waals surface area contributed by atoms with E-state index in [0.717, 1.165) is 0 Å². The molecule has 0 rings (SSSR count). The first kappa shape index (κ1) is 15.2. The van der Waals surface area contributed by atoms with Crippen molar-refractivity contribution < 1.29 is 29.3 Å². The van der Waals surface area contributed by atoms with Gasteiger partial charge in [0.1, 0.15) is 0 Å². The Morgan fingerprint density at radius 2 is 1.71 bits per heavy atom. The lowest BCUT2D eigenvalue weighted by atomic mass is 11.3. The van der Waals surface area contributed by atoms with Gasteiger partial charge in [-0.05, 0) is 0 Å². The lowest BCUT2D eigenvalue weighted by Gasteiger charge is -2.11.